The zero-order chi connectivity index (χ0) is 18.4. The third-order valence-corrected chi connectivity index (χ3v) is 5.81. The van der Waals surface area contributed by atoms with E-state index in [2.05, 4.69) is 0 Å². The normalized spacial score (nSPS) is 20.0. The second kappa shape index (κ2) is 13.2. The molecule has 0 aromatic heterocycles. The van der Waals surface area contributed by atoms with Gasteiger partial charge < -0.3 is 10.2 Å². The third kappa shape index (κ3) is 9.86. The molecule has 0 aromatic rings. The fraction of sp³-hybridized carbons (Fsp3) is 0.905. The average molecular weight is 355 g/mol. The fourth-order valence-electron chi connectivity index (χ4n) is 4.13. The summed E-state index contributed by atoms with van der Waals surface area (Å²) < 4.78 is 0. The lowest BCUT2D eigenvalue weighted by Gasteiger charge is -2.30. The number of hydrogen-bond acceptors (Lipinski definition) is 2. The van der Waals surface area contributed by atoms with Crippen molar-refractivity contribution in [3.05, 3.63) is 0 Å². The lowest BCUT2D eigenvalue weighted by molar-refractivity contribution is -0.150. The summed E-state index contributed by atoms with van der Waals surface area (Å²) in [6.45, 7) is 0. The molecule has 4 heteroatoms. The van der Waals surface area contributed by atoms with Gasteiger partial charge in [-0.05, 0) is 25.7 Å². The fourth-order valence-corrected chi connectivity index (χ4v) is 4.13. The van der Waals surface area contributed by atoms with E-state index in [1.807, 2.05) is 0 Å². The molecule has 0 aromatic carbocycles. The number of carboxylic acids is 2. The number of unbranched alkanes of at least 4 members (excludes halogenated alkanes) is 3. The van der Waals surface area contributed by atoms with E-state index in [0.717, 1.165) is 64.2 Å². The van der Waals surface area contributed by atoms with Crippen molar-refractivity contribution in [3.63, 3.8) is 0 Å². The quantitative estimate of drug-likeness (QED) is 0.510. The Hall–Kier alpha value is -1.06. The minimum atomic E-state index is -0.739. The van der Waals surface area contributed by atoms with Crippen LogP contribution in [0.4, 0.5) is 0 Å². The molecule has 0 unspecified atom stereocenters. The summed E-state index contributed by atoms with van der Waals surface area (Å²) in [7, 11) is 0. The van der Waals surface area contributed by atoms with E-state index >= 15 is 0 Å². The van der Waals surface area contributed by atoms with Crippen LogP contribution in [0.15, 0.2) is 0 Å². The standard InChI is InChI=1S/C21H38O4/c22-19(23)15-11-7-10-14-18-21(20(24)25)16-12-8-5-3-1-2-4-6-9-13-17-21/h1-18H2,(H,22,23)(H,24,25). The first-order valence-electron chi connectivity index (χ1n) is 10.5. The Kier molecular flexibility index (Phi) is 11.6. The Morgan fingerprint density at radius 2 is 1.08 bits per heavy atom. The van der Waals surface area contributed by atoms with Crippen LogP contribution in [0, 0.1) is 5.41 Å². The first-order chi connectivity index (χ1) is 12.1. The number of rotatable bonds is 8. The maximum Gasteiger partial charge on any atom is 0.309 e. The monoisotopic (exact) mass is 354 g/mol. The van der Waals surface area contributed by atoms with Crippen LogP contribution >= 0.6 is 0 Å². The molecule has 0 atom stereocenters. The van der Waals surface area contributed by atoms with Crippen LogP contribution in [0.2, 0.25) is 0 Å². The van der Waals surface area contributed by atoms with Crippen molar-refractivity contribution < 1.29 is 19.8 Å². The lowest BCUT2D eigenvalue weighted by atomic mass is 9.74. The molecule has 0 heterocycles. The molecule has 1 aliphatic carbocycles. The maximum atomic E-state index is 12.1. The molecular formula is C21H38O4. The molecule has 0 bridgehead atoms. The maximum absolute atomic E-state index is 12.1. The topological polar surface area (TPSA) is 74.6 Å². The third-order valence-electron chi connectivity index (χ3n) is 5.81. The molecule has 1 fully saturated rings. The van der Waals surface area contributed by atoms with Gasteiger partial charge in [-0.15, -0.1) is 0 Å². The SMILES string of the molecule is O=C(O)CCCCCCC1(C(=O)O)CCCCCCCCCCCC1. The Labute approximate surface area is 153 Å². The Morgan fingerprint density at radius 3 is 1.52 bits per heavy atom. The Morgan fingerprint density at radius 1 is 0.640 bits per heavy atom. The van der Waals surface area contributed by atoms with Gasteiger partial charge in [0, 0.05) is 6.42 Å². The highest BCUT2D eigenvalue weighted by Crippen LogP contribution is 2.38. The van der Waals surface area contributed by atoms with Crippen molar-refractivity contribution in [3.8, 4) is 0 Å². The number of carboxylic acid groups (broad SMARTS) is 2. The van der Waals surface area contributed by atoms with Crippen LogP contribution in [0.1, 0.15) is 116 Å². The number of aliphatic carboxylic acids is 2. The molecule has 1 aliphatic rings. The van der Waals surface area contributed by atoms with Gasteiger partial charge in [0.05, 0.1) is 5.41 Å². The van der Waals surface area contributed by atoms with Crippen molar-refractivity contribution in [2.24, 2.45) is 5.41 Å². The van der Waals surface area contributed by atoms with Crippen molar-refractivity contribution in [1.29, 1.82) is 0 Å². The van der Waals surface area contributed by atoms with Crippen LogP contribution in [0.5, 0.6) is 0 Å². The van der Waals surface area contributed by atoms with Crippen LogP contribution < -0.4 is 0 Å². The summed E-state index contributed by atoms with van der Waals surface area (Å²) in [4.78, 5) is 22.6. The molecule has 0 amide bonds. The predicted octanol–water partition coefficient (Wildman–Crippen LogP) is 6.18. The van der Waals surface area contributed by atoms with E-state index < -0.39 is 17.4 Å². The zero-order valence-corrected chi connectivity index (χ0v) is 15.9. The molecule has 25 heavy (non-hydrogen) atoms. The highest BCUT2D eigenvalue weighted by Gasteiger charge is 2.36. The van der Waals surface area contributed by atoms with Gasteiger partial charge in [0.1, 0.15) is 0 Å². The van der Waals surface area contributed by atoms with E-state index in [1.54, 1.807) is 0 Å². The first kappa shape index (κ1) is 22.0. The molecule has 0 aliphatic heterocycles. The summed E-state index contributed by atoms with van der Waals surface area (Å²) in [6.07, 6.45) is 18.2. The second-order valence-electron chi connectivity index (χ2n) is 7.93. The van der Waals surface area contributed by atoms with Gasteiger partial charge in [0.15, 0.2) is 0 Å². The smallest absolute Gasteiger partial charge is 0.309 e. The van der Waals surface area contributed by atoms with E-state index in [4.69, 9.17) is 5.11 Å². The molecule has 0 saturated heterocycles. The van der Waals surface area contributed by atoms with Gasteiger partial charge in [-0.3, -0.25) is 9.59 Å². The summed E-state index contributed by atoms with van der Waals surface area (Å²) in [5, 5.41) is 18.6. The van der Waals surface area contributed by atoms with Crippen molar-refractivity contribution in [2.75, 3.05) is 0 Å². The predicted molar refractivity (Wildman–Crippen MR) is 101 cm³/mol. The van der Waals surface area contributed by atoms with Crippen LogP contribution in [-0.2, 0) is 9.59 Å². The van der Waals surface area contributed by atoms with Crippen LogP contribution in [-0.4, -0.2) is 22.2 Å². The van der Waals surface area contributed by atoms with E-state index in [9.17, 15) is 14.7 Å². The Bertz CT molecular complexity index is 364. The summed E-state index contributed by atoms with van der Waals surface area (Å²) in [5.41, 5.74) is -0.541. The van der Waals surface area contributed by atoms with Gasteiger partial charge in [0.25, 0.3) is 0 Å². The van der Waals surface area contributed by atoms with E-state index in [0.29, 0.717) is 6.42 Å². The van der Waals surface area contributed by atoms with E-state index in [-0.39, 0.29) is 6.42 Å². The average Bonchev–Trinajstić information content (AvgIpc) is 2.59. The molecule has 2 N–H and O–H groups in total. The minimum absolute atomic E-state index is 0.226. The van der Waals surface area contributed by atoms with Gasteiger partial charge in [-0.1, -0.05) is 83.5 Å². The van der Waals surface area contributed by atoms with Gasteiger partial charge in [-0.2, -0.15) is 0 Å². The largest absolute Gasteiger partial charge is 0.481 e. The van der Waals surface area contributed by atoms with Gasteiger partial charge in [0.2, 0.25) is 0 Å². The molecular weight excluding hydrogens is 316 g/mol. The molecule has 0 spiro atoms. The second-order valence-corrected chi connectivity index (χ2v) is 7.93. The zero-order valence-electron chi connectivity index (χ0n) is 15.9. The molecule has 0 radical (unpaired) electrons. The van der Waals surface area contributed by atoms with Gasteiger partial charge >= 0.3 is 11.9 Å². The highest BCUT2D eigenvalue weighted by atomic mass is 16.4. The van der Waals surface area contributed by atoms with E-state index in [1.165, 1.54) is 38.5 Å². The highest BCUT2D eigenvalue weighted by molar-refractivity contribution is 5.74. The van der Waals surface area contributed by atoms with Crippen molar-refractivity contribution in [2.45, 2.75) is 116 Å². The lowest BCUT2D eigenvalue weighted by Crippen LogP contribution is -2.31. The summed E-state index contributed by atoms with van der Waals surface area (Å²) in [5.74, 6) is -1.34. The first-order valence-corrected chi connectivity index (χ1v) is 10.5. The molecule has 4 nitrogen and oxygen atoms in total. The van der Waals surface area contributed by atoms with Crippen molar-refractivity contribution >= 4 is 11.9 Å². The van der Waals surface area contributed by atoms with Crippen molar-refractivity contribution in [1.82, 2.24) is 0 Å². The van der Waals surface area contributed by atoms with Crippen LogP contribution in [0.25, 0.3) is 0 Å². The number of carbonyl (C=O) groups is 2. The molecule has 1 rings (SSSR count). The van der Waals surface area contributed by atoms with Crippen LogP contribution in [0.3, 0.4) is 0 Å². The summed E-state index contributed by atoms with van der Waals surface area (Å²) >= 11 is 0. The van der Waals surface area contributed by atoms with Gasteiger partial charge in [-0.25, -0.2) is 0 Å². The molecule has 1 saturated carbocycles. The molecule has 146 valence electrons. The summed E-state index contributed by atoms with van der Waals surface area (Å²) in [6, 6.07) is 0. The number of hydrogen-bond donors (Lipinski definition) is 2. The Balaban J connectivity index is 2.49. The minimum Gasteiger partial charge on any atom is -0.481 e.